The number of hydrogen-bond acceptors (Lipinski definition) is 3. The zero-order valence-corrected chi connectivity index (χ0v) is 12.6. The van der Waals surface area contributed by atoms with Crippen molar-refractivity contribution in [2.75, 3.05) is 0 Å². The second kappa shape index (κ2) is 6.41. The monoisotopic (exact) mass is 298 g/mol. The van der Waals surface area contributed by atoms with E-state index in [1.54, 1.807) is 12.1 Å². The van der Waals surface area contributed by atoms with E-state index in [1.165, 1.54) is 0 Å². The minimum absolute atomic E-state index is 0.173. The normalized spacial score (nSPS) is 18.9. The second-order valence-corrected chi connectivity index (χ2v) is 6.14. The smallest absolute Gasteiger partial charge is 0.123 e. The summed E-state index contributed by atoms with van der Waals surface area (Å²) < 4.78 is 0. The number of phenols is 2. The number of hydrogen-bond donors (Lipinski definition) is 3. The Morgan fingerprint density at radius 1 is 0.727 bits per heavy atom. The molecule has 0 radical (unpaired) electrons. The SMILES string of the molecule is Oc1ccc2cc1-c1cc(ccc1O)CC[C@H](O)CCCC2. The Morgan fingerprint density at radius 2 is 1.32 bits per heavy atom. The van der Waals surface area contributed by atoms with E-state index < -0.39 is 0 Å². The first-order valence-corrected chi connectivity index (χ1v) is 7.96. The molecule has 2 aromatic carbocycles. The maximum absolute atomic E-state index is 10.2. The summed E-state index contributed by atoms with van der Waals surface area (Å²) in [5.41, 5.74) is 3.55. The van der Waals surface area contributed by atoms with Gasteiger partial charge in [0.2, 0.25) is 0 Å². The fraction of sp³-hybridized carbons (Fsp3) is 0.368. The van der Waals surface area contributed by atoms with E-state index >= 15 is 0 Å². The van der Waals surface area contributed by atoms with Gasteiger partial charge >= 0.3 is 0 Å². The molecule has 0 heterocycles. The number of aryl methyl sites for hydroxylation is 2. The van der Waals surface area contributed by atoms with Gasteiger partial charge in [-0.15, -0.1) is 0 Å². The van der Waals surface area contributed by atoms with Gasteiger partial charge in [-0.25, -0.2) is 0 Å². The summed E-state index contributed by atoms with van der Waals surface area (Å²) in [6.45, 7) is 0. The van der Waals surface area contributed by atoms with Crippen molar-refractivity contribution < 1.29 is 15.3 Å². The van der Waals surface area contributed by atoms with Crippen LogP contribution in [0.5, 0.6) is 11.5 Å². The molecule has 2 aromatic rings. The average molecular weight is 298 g/mol. The minimum Gasteiger partial charge on any atom is -0.507 e. The molecule has 3 N–H and O–H groups in total. The zero-order valence-electron chi connectivity index (χ0n) is 12.6. The van der Waals surface area contributed by atoms with E-state index in [1.807, 2.05) is 24.3 Å². The molecule has 0 aliphatic heterocycles. The third-order valence-electron chi connectivity index (χ3n) is 4.43. The van der Waals surface area contributed by atoms with Gasteiger partial charge in [0.15, 0.2) is 0 Å². The molecule has 0 spiro atoms. The molecule has 116 valence electrons. The van der Waals surface area contributed by atoms with Crippen LogP contribution >= 0.6 is 0 Å². The highest BCUT2D eigenvalue weighted by atomic mass is 16.3. The molecule has 3 heteroatoms. The molecule has 3 rings (SSSR count). The summed E-state index contributed by atoms with van der Waals surface area (Å²) in [5.74, 6) is 0.359. The van der Waals surface area contributed by atoms with Crippen LogP contribution in [0.1, 0.15) is 36.8 Å². The third-order valence-corrected chi connectivity index (χ3v) is 4.43. The second-order valence-electron chi connectivity index (χ2n) is 6.14. The molecular formula is C19H22O3. The van der Waals surface area contributed by atoms with Gasteiger partial charge in [0.1, 0.15) is 11.5 Å². The van der Waals surface area contributed by atoms with E-state index in [2.05, 4.69) is 0 Å². The fourth-order valence-electron chi connectivity index (χ4n) is 3.10. The molecule has 0 fully saturated rings. The van der Waals surface area contributed by atoms with Crippen molar-refractivity contribution in [3.8, 4) is 22.6 Å². The van der Waals surface area contributed by atoms with Crippen molar-refractivity contribution in [3.05, 3.63) is 47.5 Å². The number of phenolic OH excluding ortho intramolecular Hbond substituents is 2. The lowest BCUT2D eigenvalue weighted by Crippen LogP contribution is -2.08. The van der Waals surface area contributed by atoms with Gasteiger partial charge < -0.3 is 15.3 Å². The van der Waals surface area contributed by atoms with Gasteiger partial charge in [0.05, 0.1) is 6.10 Å². The quantitative estimate of drug-likeness (QED) is 0.693. The molecule has 1 atom stereocenters. The molecule has 4 bridgehead atoms. The summed E-state index contributed by atoms with van der Waals surface area (Å²) >= 11 is 0. The number of aliphatic hydroxyl groups is 1. The van der Waals surface area contributed by atoms with Crippen LogP contribution in [0.2, 0.25) is 0 Å². The van der Waals surface area contributed by atoms with E-state index in [4.69, 9.17) is 0 Å². The van der Waals surface area contributed by atoms with Crippen LogP contribution in [-0.4, -0.2) is 21.4 Å². The Balaban J connectivity index is 2.07. The van der Waals surface area contributed by atoms with Crippen LogP contribution in [0.25, 0.3) is 11.1 Å². The third kappa shape index (κ3) is 3.25. The molecule has 0 amide bonds. The van der Waals surface area contributed by atoms with Crippen molar-refractivity contribution >= 4 is 0 Å². The van der Waals surface area contributed by atoms with Crippen LogP contribution in [0.3, 0.4) is 0 Å². The maximum Gasteiger partial charge on any atom is 0.123 e. The summed E-state index contributed by atoms with van der Waals surface area (Å²) in [4.78, 5) is 0. The van der Waals surface area contributed by atoms with Gasteiger partial charge in [-0.2, -0.15) is 0 Å². The largest absolute Gasteiger partial charge is 0.507 e. The van der Waals surface area contributed by atoms with Crippen molar-refractivity contribution in [1.82, 2.24) is 0 Å². The maximum atomic E-state index is 10.2. The number of fused-ring (bicyclic) bond motifs is 5. The molecule has 0 saturated heterocycles. The summed E-state index contributed by atoms with van der Waals surface area (Å²) in [6.07, 6.45) is 5.00. The predicted molar refractivity (Wildman–Crippen MR) is 87.1 cm³/mol. The summed E-state index contributed by atoms with van der Waals surface area (Å²) in [6, 6.07) is 11.1. The lowest BCUT2D eigenvalue weighted by Gasteiger charge is -2.12. The highest BCUT2D eigenvalue weighted by Crippen LogP contribution is 2.37. The molecule has 0 unspecified atom stereocenters. The zero-order chi connectivity index (χ0) is 15.5. The number of aromatic hydroxyl groups is 2. The van der Waals surface area contributed by atoms with E-state index in [0.29, 0.717) is 11.1 Å². The average Bonchev–Trinajstić information content (AvgIpc) is 2.52. The van der Waals surface area contributed by atoms with Crippen LogP contribution in [-0.2, 0) is 12.8 Å². The Kier molecular flexibility index (Phi) is 4.34. The van der Waals surface area contributed by atoms with Crippen LogP contribution in [0, 0.1) is 0 Å². The highest BCUT2D eigenvalue weighted by molar-refractivity contribution is 5.76. The van der Waals surface area contributed by atoms with Gasteiger partial charge in [-0.1, -0.05) is 18.6 Å². The number of aliphatic hydroxyl groups excluding tert-OH is 1. The lowest BCUT2D eigenvalue weighted by molar-refractivity contribution is 0.151. The number of benzene rings is 2. The summed E-state index contributed by atoms with van der Waals surface area (Å²) in [5, 5.41) is 30.4. The molecule has 3 nitrogen and oxygen atoms in total. The first-order chi connectivity index (χ1) is 10.6. The van der Waals surface area contributed by atoms with Crippen LogP contribution in [0.4, 0.5) is 0 Å². The predicted octanol–water partition coefficient (Wildman–Crippen LogP) is 3.78. The Morgan fingerprint density at radius 3 is 1.95 bits per heavy atom. The van der Waals surface area contributed by atoms with Gasteiger partial charge in [-0.3, -0.25) is 0 Å². The Labute approximate surface area is 130 Å². The van der Waals surface area contributed by atoms with Crippen molar-refractivity contribution in [2.24, 2.45) is 0 Å². The van der Waals surface area contributed by atoms with E-state index in [0.717, 1.165) is 49.7 Å². The van der Waals surface area contributed by atoms with E-state index in [9.17, 15) is 15.3 Å². The van der Waals surface area contributed by atoms with Crippen molar-refractivity contribution in [1.29, 1.82) is 0 Å². The molecule has 1 aliphatic rings. The van der Waals surface area contributed by atoms with Gasteiger partial charge in [-0.05, 0) is 67.5 Å². The Hall–Kier alpha value is -2.00. The molecular weight excluding hydrogens is 276 g/mol. The number of rotatable bonds is 0. The first kappa shape index (κ1) is 14.9. The molecule has 0 saturated carbocycles. The van der Waals surface area contributed by atoms with Gasteiger partial charge in [0.25, 0.3) is 0 Å². The van der Waals surface area contributed by atoms with E-state index in [-0.39, 0.29) is 17.6 Å². The fourth-order valence-corrected chi connectivity index (χ4v) is 3.10. The minimum atomic E-state index is -0.269. The topological polar surface area (TPSA) is 60.7 Å². The van der Waals surface area contributed by atoms with Gasteiger partial charge in [0, 0.05) is 11.1 Å². The van der Waals surface area contributed by atoms with Crippen molar-refractivity contribution in [2.45, 2.75) is 44.6 Å². The van der Waals surface area contributed by atoms with Crippen LogP contribution < -0.4 is 0 Å². The highest BCUT2D eigenvalue weighted by Gasteiger charge is 2.13. The van der Waals surface area contributed by atoms with Crippen molar-refractivity contribution in [3.63, 3.8) is 0 Å². The lowest BCUT2D eigenvalue weighted by atomic mass is 9.96. The molecule has 0 aromatic heterocycles. The van der Waals surface area contributed by atoms with Crippen LogP contribution in [0.15, 0.2) is 36.4 Å². The summed E-state index contributed by atoms with van der Waals surface area (Å²) in [7, 11) is 0. The first-order valence-electron chi connectivity index (χ1n) is 7.96. The standard InChI is InChI=1S/C19H22O3/c20-15-4-2-1-3-13-6-9-18(21)16(11-13)17-12-14(5-8-15)7-10-19(17)22/h6-7,9-12,15,20-22H,1-5,8H2/t15-/m1/s1. The molecule has 1 aliphatic carbocycles. The Bertz CT molecular complexity index is 664. The molecule has 22 heavy (non-hydrogen) atoms.